The van der Waals surface area contributed by atoms with E-state index in [4.69, 9.17) is 0 Å². The SMILES string of the molecule is O=C(NC1CCN(c2ccncc2Br)CC1)c1ccncc1. The number of nitrogens with one attached hydrogen (secondary N) is 1. The quantitative estimate of drug-likeness (QED) is 0.913. The Balaban J connectivity index is 1.56. The molecule has 1 saturated heterocycles. The number of piperidine rings is 1. The maximum atomic E-state index is 12.2. The monoisotopic (exact) mass is 360 g/mol. The van der Waals surface area contributed by atoms with Gasteiger partial charge in [-0.25, -0.2) is 0 Å². The second kappa shape index (κ2) is 6.87. The van der Waals surface area contributed by atoms with Crippen molar-refractivity contribution >= 4 is 27.5 Å². The lowest BCUT2D eigenvalue weighted by molar-refractivity contribution is 0.0931. The van der Waals surface area contributed by atoms with Crippen LogP contribution in [0.15, 0.2) is 47.5 Å². The van der Waals surface area contributed by atoms with Gasteiger partial charge in [0.2, 0.25) is 0 Å². The first-order chi connectivity index (χ1) is 10.7. The fraction of sp³-hybridized carbons (Fsp3) is 0.312. The van der Waals surface area contributed by atoms with Crippen LogP contribution in [-0.4, -0.2) is 35.0 Å². The highest BCUT2D eigenvalue weighted by Crippen LogP contribution is 2.27. The molecule has 0 atom stereocenters. The molecule has 1 fully saturated rings. The Morgan fingerprint density at radius 1 is 1.14 bits per heavy atom. The highest BCUT2D eigenvalue weighted by atomic mass is 79.9. The standard InChI is InChI=1S/C16H17BrN4O/c17-14-11-19-8-3-15(14)21-9-4-13(5-10-21)20-16(22)12-1-6-18-7-2-12/h1-3,6-8,11,13H,4-5,9-10H2,(H,20,22). The van der Waals surface area contributed by atoms with Crippen LogP contribution in [-0.2, 0) is 0 Å². The van der Waals surface area contributed by atoms with E-state index in [-0.39, 0.29) is 11.9 Å². The molecule has 1 aliphatic heterocycles. The van der Waals surface area contributed by atoms with Gasteiger partial charge in [-0.15, -0.1) is 0 Å². The van der Waals surface area contributed by atoms with Gasteiger partial charge in [0.05, 0.1) is 10.2 Å². The molecule has 0 radical (unpaired) electrons. The van der Waals surface area contributed by atoms with E-state index < -0.39 is 0 Å². The normalized spacial score (nSPS) is 15.6. The molecular formula is C16H17BrN4O. The Hall–Kier alpha value is -1.95. The number of hydrogen-bond acceptors (Lipinski definition) is 4. The predicted molar refractivity (Wildman–Crippen MR) is 88.9 cm³/mol. The summed E-state index contributed by atoms with van der Waals surface area (Å²) < 4.78 is 1.01. The molecule has 0 aliphatic carbocycles. The fourth-order valence-corrected chi connectivity index (χ4v) is 3.16. The van der Waals surface area contributed by atoms with Crippen molar-refractivity contribution in [3.63, 3.8) is 0 Å². The van der Waals surface area contributed by atoms with Crippen LogP contribution in [0.2, 0.25) is 0 Å². The summed E-state index contributed by atoms with van der Waals surface area (Å²) in [5.41, 5.74) is 1.82. The van der Waals surface area contributed by atoms with Crippen LogP contribution in [0.3, 0.4) is 0 Å². The number of nitrogens with zero attached hydrogens (tertiary/aromatic N) is 3. The third-order valence-electron chi connectivity index (χ3n) is 3.86. The summed E-state index contributed by atoms with van der Waals surface area (Å²) in [5, 5.41) is 3.10. The average molecular weight is 361 g/mol. The van der Waals surface area contributed by atoms with E-state index in [1.165, 1.54) is 0 Å². The summed E-state index contributed by atoms with van der Waals surface area (Å²) >= 11 is 3.54. The number of amides is 1. The largest absolute Gasteiger partial charge is 0.370 e. The van der Waals surface area contributed by atoms with Crippen molar-refractivity contribution in [1.82, 2.24) is 15.3 Å². The smallest absolute Gasteiger partial charge is 0.251 e. The molecule has 3 rings (SSSR count). The van der Waals surface area contributed by atoms with E-state index in [2.05, 4.69) is 36.1 Å². The van der Waals surface area contributed by atoms with Gasteiger partial charge < -0.3 is 10.2 Å². The van der Waals surface area contributed by atoms with Crippen molar-refractivity contribution in [3.8, 4) is 0 Å². The van der Waals surface area contributed by atoms with E-state index in [1.54, 1.807) is 30.7 Å². The van der Waals surface area contributed by atoms with Gasteiger partial charge in [-0.2, -0.15) is 0 Å². The molecule has 0 unspecified atom stereocenters. The molecule has 1 amide bonds. The zero-order chi connectivity index (χ0) is 15.4. The lowest BCUT2D eigenvalue weighted by Crippen LogP contribution is -2.44. The lowest BCUT2D eigenvalue weighted by Gasteiger charge is -2.34. The third-order valence-corrected chi connectivity index (χ3v) is 4.48. The molecule has 0 bridgehead atoms. The minimum atomic E-state index is -0.0223. The Kier molecular flexibility index (Phi) is 4.68. The first kappa shape index (κ1) is 15.0. The number of carbonyl (C=O) groups excluding carboxylic acids is 1. The van der Waals surface area contributed by atoms with Crippen molar-refractivity contribution in [2.45, 2.75) is 18.9 Å². The zero-order valence-corrected chi connectivity index (χ0v) is 13.7. The Bertz CT molecular complexity index is 642. The molecule has 6 heteroatoms. The molecule has 1 N–H and O–H groups in total. The van der Waals surface area contributed by atoms with Crippen molar-refractivity contribution in [1.29, 1.82) is 0 Å². The number of hydrogen-bond donors (Lipinski definition) is 1. The maximum Gasteiger partial charge on any atom is 0.251 e. The summed E-state index contributed by atoms with van der Waals surface area (Å²) in [6, 6.07) is 5.70. The summed E-state index contributed by atoms with van der Waals surface area (Å²) in [6.45, 7) is 1.84. The van der Waals surface area contributed by atoms with Crippen LogP contribution >= 0.6 is 15.9 Å². The van der Waals surface area contributed by atoms with Gasteiger partial charge in [-0.05, 0) is 47.0 Å². The van der Waals surface area contributed by atoms with Crippen molar-refractivity contribution in [3.05, 3.63) is 53.0 Å². The van der Waals surface area contributed by atoms with Crippen LogP contribution in [0.4, 0.5) is 5.69 Å². The van der Waals surface area contributed by atoms with Gasteiger partial charge in [0.1, 0.15) is 0 Å². The van der Waals surface area contributed by atoms with Gasteiger partial charge >= 0.3 is 0 Å². The van der Waals surface area contributed by atoms with Gasteiger partial charge in [0.25, 0.3) is 5.91 Å². The number of rotatable bonds is 3. The molecule has 2 aromatic heterocycles. The number of halogens is 1. The minimum Gasteiger partial charge on any atom is -0.370 e. The van der Waals surface area contributed by atoms with Crippen molar-refractivity contribution in [2.24, 2.45) is 0 Å². The molecule has 0 saturated carbocycles. The highest BCUT2D eigenvalue weighted by Gasteiger charge is 2.22. The maximum absolute atomic E-state index is 12.2. The topological polar surface area (TPSA) is 58.1 Å². The van der Waals surface area contributed by atoms with Crippen LogP contribution in [0.5, 0.6) is 0 Å². The van der Waals surface area contributed by atoms with Crippen LogP contribution < -0.4 is 10.2 Å². The second-order valence-electron chi connectivity index (χ2n) is 5.30. The Morgan fingerprint density at radius 3 is 2.50 bits per heavy atom. The molecule has 1 aliphatic rings. The lowest BCUT2D eigenvalue weighted by atomic mass is 10.0. The molecule has 2 aromatic rings. The molecule has 114 valence electrons. The van der Waals surface area contributed by atoms with Gasteiger partial charge in [-0.3, -0.25) is 14.8 Å². The number of carbonyl (C=O) groups is 1. The molecule has 22 heavy (non-hydrogen) atoms. The predicted octanol–water partition coefficient (Wildman–Crippen LogP) is 2.64. The van der Waals surface area contributed by atoms with Crippen molar-refractivity contribution < 1.29 is 4.79 Å². The fourth-order valence-electron chi connectivity index (χ4n) is 2.66. The Labute approximate surface area is 137 Å². The van der Waals surface area contributed by atoms with Crippen molar-refractivity contribution in [2.75, 3.05) is 18.0 Å². The Morgan fingerprint density at radius 2 is 1.82 bits per heavy atom. The highest BCUT2D eigenvalue weighted by molar-refractivity contribution is 9.10. The third kappa shape index (κ3) is 3.44. The van der Waals surface area contributed by atoms with E-state index >= 15 is 0 Å². The number of aromatic nitrogens is 2. The summed E-state index contributed by atoms with van der Waals surface area (Å²) in [7, 11) is 0. The first-order valence-corrected chi connectivity index (χ1v) is 8.08. The average Bonchev–Trinajstić information content (AvgIpc) is 2.57. The van der Waals surface area contributed by atoms with Gasteiger partial charge in [-0.1, -0.05) is 0 Å². The molecule has 3 heterocycles. The second-order valence-corrected chi connectivity index (χ2v) is 6.15. The first-order valence-electron chi connectivity index (χ1n) is 7.29. The molecule has 0 aromatic carbocycles. The van der Waals surface area contributed by atoms with Crippen LogP contribution in [0, 0.1) is 0 Å². The molecule has 5 nitrogen and oxygen atoms in total. The minimum absolute atomic E-state index is 0.0223. The van der Waals surface area contributed by atoms with Crippen LogP contribution in [0.25, 0.3) is 0 Å². The summed E-state index contributed by atoms with van der Waals surface area (Å²) in [4.78, 5) is 22.5. The van der Waals surface area contributed by atoms with E-state index in [9.17, 15) is 4.79 Å². The van der Waals surface area contributed by atoms with Gasteiger partial charge in [0, 0.05) is 49.5 Å². The molecule has 0 spiro atoms. The summed E-state index contributed by atoms with van der Waals surface area (Å²) in [5.74, 6) is -0.0223. The summed E-state index contributed by atoms with van der Waals surface area (Å²) in [6.07, 6.45) is 8.76. The van der Waals surface area contributed by atoms with E-state index in [0.717, 1.165) is 36.1 Å². The number of anilines is 1. The zero-order valence-electron chi connectivity index (χ0n) is 12.1. The van der Waals surface area contributed by atoms with E-state index in [0.29, 0.717) is 5.56 Å². The molecular weight excluding hydrogens is 344 g/mol. The van der Waals surface area contributed by atoms with Gasteiger partial charge in [0.15, 0.2) is 0 Å². The number of pyridine rings is 2. The van der Waals surface area contributed by atoms with Crippen LogP contribution in [0.1, 0.15) is 23.2 Å². The van der Waals surface area contributed by atoms with E-state index in [1.807, 2.05) is 12.3 Å².